The number of pyridine rings is 1. The molecule has 0 bridgehead atoms. The van der Waals surface area contributed by atoms with Crippen molar-refractivity contribution in [3.05, 3.63) is 99.4 Å². The first kappa shape index (κ1) is 22.7. The highest BCUT2D eigenvalue weighted by molar-refractivity contribution is 6.32. The minimum atomic E-state index is -0.0945. The number of nitrogens with one attached hydrogen (secondary N) is 1. The number of benzene rings is 2. The summed E-state index contributed by atoms with van der Waals surface area (Å²) in [7, 11) is 0. The van der Waals surface area contributed by atoms with Crippen LogP contribution in [-0.2, 0) is 13.0 Å². The maximum atomic E-state index is 13.5. The summed E-state index contributed by atoms with van der Waals surface area (Å²) >= 11 is 6.47. The maximum absolute atomic E-state index is 13.5. The fourth-order valence-corrected chi connectivity index (χ4v) is 4.63. The molecular formula is C26H24ClN7O. The number of tetrazole rings is 1. The zero-order valence-electron chi connectivity index (χ0n) is 19.4. The summed E-state index contributed by atoms with van der Waals surface area (Å²) < 4.78 is 3.50. The molecule has 2 aromatic carbocycles. The second-order valence-corrected chi connectivity index (χ2v) is 8.79. The van der Waals surface area contributed by atoms with E-state index >= 15 is 0 Å². The number of halogens is 1. The lowest BCUT2D eigenvalue weighted by Gasteiger charge is -2.10. The number of aromatic amines is 1. The highest BCUT2D eigenvalue weighted by atomic mass is 35.5. The quantitative estimate of drug-likeness (QED) is 0.356. The zero-order chi connectivity index (χ0) is 24.4. The summed E-state index contributed by atoms with van der Waals surface area (Å²) in [6.45, 7) is 4.55. The average Bonchev–Trinajstić information content (AvgIpc) is 3.50. The van der Waals surface area contributed by atoms with Crippen LogP contribution in [0.15, 0.2) is 71.9 Å². The van der Waals surface area contributed by atoms with E-state index < -0.39 is 0 Å². The van der Waals surface area contributed by atoms with Gasteiger partial charge < -0.3 is 0 Å². The third kappa shape index (κ3) is 4.40. The Morgan fingerprint density at radius 3 is 2.60 bits per heavy atom. The topological polar surface area (TPSA) is 94.3 Å². The van der Waals surface area contributed by atoms with Gasteiger partial charge in [-0.3, -0.25) is 14.1 Å². The van der Waals surface area contributed by atoms with Crippen molar-refractivity contribution >= 4 is 11.6 Å². The van der Waals surface area contributed by atoms with Crippen LogP contribution in [0.4, 0.5) is 0 Å². The first-order valence-electron chi connectivity index (χ1n) is 11.4. The molecule has 0 amide bonds. The molecule has 0 radical (unpaired) electrons. The lowest BCUT2D eigenvalue weighted by Crippen LogP contribution is -2.25. The van der Waals surface area contributed by atoms with Crippen LogP contribution in [-0.4, -0.2) is 34.7 Å². The van der Waals surface area contributed by atoms with Gasteiger partial charge in [-0.25, -0.2) is 9.89 Å². The van der Waals surface area contributed by atoms with Crippen LogP contribution >= 0.6 is 11.6 Å². The van der Waals surface area contributed by atoms with Crippen molar-refractivity contribution in [3.63, 3.8) is 0 Å². The highest BCUT2D eigenvalue weighted by Crippen LogP contribution is 2.29. The third-order valence-electron chi connectivity index (χ3n) is 6.02. The van der Waals surface area contributed by atoms with Gasteiger partial charge >= 0.3 is 5.69 Å². The lowest BCUT2D eigenvalue weighted by atomic mass is 10.00. The molecule has 0 saturated heterocycles. The van der Waals surface area contributed by atoms with Crippen LogP contribution in [0.2, 0.25) is 5.02 Å². The van der Waals surface area contributed by atoms with Crippen LogP contribution in [0.5, 0.6) is 0 Å². The summed E-state index contributed by atoms with van der Waals surface area (Å²) in [4.78, 5) is 17.7. The van der Waals surface area contributed by atoms with Crippen LogP contribution in [0.1, 0.15) is 30.2 Å². The second-order valence-electron chi connectivity index (χ2n) is 8.38. The van der Waals surface area contributed by atoms with Crippen LogP contribution in [0.25, 0.3) is 28.2 Å². The Balaban J connectivity index is 1.49. The van der Waals surface area contributed by atoms with Gasteiger partial charge in [0.1, 0.15) is 0 Å². The standard InChI is InChI=1S/C26H24ClN7O/c1-3-5-20-16-34(24-17(2)6-4-7-23(24)27)26(35)33(20)15-18-8-10-19(11-9-18)21-12-13-28-14-22(21)25-29-31-32-30-25/h4,6-14,16H,3,5,15H2,1-2H3,(H,29,30,31,32). The molecule has 0 atom stereocenters. The summed E-state index contributed by atoms with van der Waals surface area (Å²) in [5, 5.41) is 14.7. The Bertz CT molecular complexity index is 1500. The summed E-state index contributed by atoms with van der Waals surface area (Å²) in [6, 6.07) is 15.8. The molecule has 0 spiro atoms. The molecule has 5 aromatic rings. The van der Waals surface area contributed by atoms with Crippen LogP contribution < -0.4 is 5.69 Å². The minimum Gasteiger partial charge on any atom is -0.292 e. The van der Waals surface area contributed by atoms with Gasteiger partial charge in [0, 0.05) is 29.8 Å². The van der Waals surface area contributed by atoms with Crippen molar-refractivity contribution in [1.82, 2.24) is 34.7 Å². The Hall–Kier alpha value is -4.04. The molecule has 35 heavy (non-hydrogen) atoms. The molecule has 0 aliphatic heterocycles. The first-order chi connectivity index (χ1) is 17.1. The van der Waals surface area contributed by atoms with E-state index in [2.05, 4.69) is 32.5 Å². The zero-order valence-corrected chi connectivity index (χ0v) is 20.2. The molecule has 1 N–H and O–H groups in total. The number of hydrogen-bond acceptors (Lipinski definition) is 5. The predicted molar refractivity (Wildman–Crippen MR) is 136 cm³/mol. The summed E-state index contributed by atoms with van der Waals surface area (Å²) in [6.07, 6.45) is 7.14. The maximum Gasteiger partial charge on any atom is 0.333 e. The smallest absolute Gasteiger partial charge is 0.292 e. The molecule has 0 aliphatic rings. The molecule has 0 saturated carbocycles. The average molecular weight is 486 g/mol. The van der Waals surface area contributed by atoms with Gasteiger partial charge in [-0.1, -0.05) is 61.3 Å². The number of H-pyrrole nitrogens is 1. The van der Waals surface area contributed by atoms with Gasteiger partial charge in [-0.15, -0.1) is 5.10 Å². The van der Waals surface area contributed by atoms with E-state index in [9.17, 15) is 4.79 Å². The summed E-state index contributed by atoms with van der Waals surface area (Å²) in [5.41, 5.74) is 6.40. The lowest BCUT2D eigenvalue weighted by molar-refractivity contribution is 0.691. The Morgan fingerprint density at radius 2 is 1.89 bits per heavy atom. The highest BCUT2D eigenvalue weighted by Gasteiger charge is 2.16. The van der Waals surface area contributed by atoms with Gasteiger partial charge in [-0.2, -0.15) is 0 Å². The number of aryl methyl sites for hydroxylation is 2. The molecule has 8 nitrogen and oxygen atoms in total. The number of rotatable bonds is 7. The van der Waals surface area contributed by atoms with Gasteiger partial charge in [0.15, 0.2) is 5.82 Å². The van der Waals surface area contributed by atoms with Crippen molar-refractivity contribution < 1.29 is 0 Å². The Labute approximate surface area is 207 Å². The van der Waals surface area contributed by atoms with Gasteiger partial charge in [-0.05, 0) is 58.2 Å². The van der Waals surface area contributed by atoms with Crippen LogP contribution in [0.3, 0.4) is 0 Å². The number of para-hydroxylation sites is 1. The van der Waals surface area contributed by atoms with Crippen molar-refractivity contribution in [1.29, 1.82) is 0 Å². The number of nitrogens with zero attached hydrogens (tertiary/aromatic N) is 6. The normalized spacial score (nSPS) is 11.2. The van der Waals surface area contributed by atoms with E-state index in [0.29, 0.717) is 17.4 Å². The molecule has 9 heteroatoms. The molecule has 3 aromatic heterocycles. The Kier molecular flexibility index (Phi) is 6.29. The van der Waals surface area contributed by atoms with Crippen molar-refractivity contribution in [2.45, 2.75) is 33.2 Å². The molecule has 176 valence electrons. The molecule has 0 fully saturated rings. The third-order valence-corrected chi connectivity index (χ3v) is 6.33. The van der Waals surface area contributed by atoms with E-state index in [4.69, 9.17) is 11.6 Å². The fraction of sp³-hybridized carbons (Fsp3) is 0.192. The van der Waals surface area contributed by atoms with Crippen molar-refractivity contribution in [3.8, 4) is 28.2 Å². The fourth-order valence-electron chi connectivity index (χ4n) is 4.32. The van der Waals surface area contributed by atoms with Gasteiger partial charge in [0.25, 0.3) is 0 Å². The number of hydrogen-bond donors (Lipinski definition) is 1. The molecule has 5 rings (SSSR count). The van der Waals surface area contributed by atoms with Crippen molar-refractivity contribution in [2.75, 3.05) is 0 Å². The minimum absolute atomic E-state index is 0.0945. The SMILES string of the molecule is CCCc1cn(-c2c(C)cccc2Cl)c(=O)n1Cc1ccc(-c2ccncc2-c2nnn[nH]2)cc1. The summed E-state index contributed by atoms with van der Waals surface area (Å²) in [5.74, 6) is 0.559. The molecular weight excluding hydrogens is 462 g/mol. The number of imidazole rings is 1. The second kappa shape index (κ2) is 9.68. The largest absolute Gasteiger partial charge is 0.333 e. The predicted octanol–water partition coefficient (Wildman–Crippen LogP) is 4.84. The number of aromatic nitrogens is 7. The van der Waals surface area contributed by atoms with Crippen LogP contribution in [0, 0.1) is 6.92 Å². The monoisotopic (exact) mass is 485 g/mol. The van der Waals surface area contributed by atoms with E-state index in [0.717, 1.165) is 52.0 Å². The van der Waals surface area contributed by atoms with E-state index in [-0.39, 0.29) is 5.69 Å². The molecule has 3 heterocycles. The van der Waals surface area contributed by atoms with Crippen molar-refractivity contribution in [2.24, 2.45) is 0 Å². The van der Waals surface area contributed by atoms with E-state index in [1.54, 1.807) is 17.0 Å². The van der Waals surface area contributed by atoms with Gasteiger partial charge in [0.2, 0.25) is 0 Å². The van der Waals surface area contributed by atoms with Gasteiger partial charge in [0.05, 0.1) is 17.3 Å². The van der Waals surface area contributed by atoms with E-state index in [1.165, 1.54) is 0 Å². The molecule has 0 aliphatic carbocycles. The first-order valence-corrected chi connectivity index (χ1v) is 11.8. The Morgan fingerprint density at radius 1 is 1.06 bits per heavy atom. The van der Waals surface area contributed by atoms with E-state index in [1.807, 2.05) is 66.2 Å². The molecule has 0 unspecified atom stereocenters.